The van der Waals surface area contributed by atoms with Gasteiger partial charge >= 0.3 is 0 Å². The normalized spacial score (nSPS) is 13.9. The second-order valence-corrected chi connectivity index (χ2v) is 5.31. The van der Waals surface area contributed by atoms with Gasteiger partial charge in [0.2, 0.25) is 0 Å². The van der Waals surface area contributed by atoms with E-state index in [4.69, 9.17) is 12.2 Å². The smallest absolute Gasteiger partial charge is 0.142 e. The molecule has 1 aliphatic heterocycles. The van der Waals surface area contributed by atoms with Crippen LogP contribution in [0.3, 0.4) is 0 Å². The molecule has 3 rings (SSSR count). The number of hydrogen-bond acceptors (Lipinski definition) is 4. The highest BCUT2D eigenvalue weighted by atomic mass is 15.1. The molecule has 1 aromatic heterocycles. The Hall–Kier alpha value is -2.82. The standard InChI is InChI=1S/C18H16N4/c1-2-9-22-10-8-16-15(12-22)17(13-6-4-3-5-7-13)14(11-19)18(20)21-16/h1,3-7H,8-10,12H2,(H2,20,21). The minimum Gasteiger partial charge on any atom is -0.383 e. The van der Waals surface area contributed by atoms with Gasteiger partial charge in [0.1, 0.15) is 17.5 Å². The van der Waals surface area contributed by atoms with Crippen LogP contribution >= 0.6 is 0 Å². The van der Waals surface area contributed by atoms with Crippen molar-refractivity contribution in [2.45, 2.75) is 13.0 Å². The summed E-state index contributed by atoms with van der Waals surface area (Å²) in [6, 6.07) is 12.1. The van der Waals surface area contributed by atoms with Crippen molar-refractivity contribution >= 4 is 5.82 Å². The average molecular weight is 288 g/mol. The van der Waals surface area contributed by atoms with E-state index in [-0.39, 0.29) is 0 Å². The highest BCUT2D eigenvalue weighted by Crippen LogP contribution is 2.34. The molecule has 4 heteroatoms. The van der Waals surface area contributed by atoms with Gasteiger partial charge in [-0.25, -0.2) is 4.98 Å². The summed E-state index contributed by atoms with van der Waals surface area (Å²) in [5, 5.41) is 9.52. The van der Waals surface area contributed by atoms with Crippen LogP contribution in [0.1, 0.15) is 16.8 Å². The number of pyridine rings is 1. The summed E-state index contributed by atoms with van der Waals surface area (Å²) in [6.45, 7) is 2.16. The van der Waals surface area contributed by atoms with Gasteiger partial charge in [-0.2, -0.15) is 5.26 Å². The van der Waals surface area contributed by atoms with Crippen molar-refractivity contribution < 1.29 is 0 Å². The van der Waals surface area contributed by atoms with Crippen molar-refractivity contribution in [1.29, 1.82) is 5.26 Å². The molecule has 1 aliphatic rings. The summed E-state index contributed by atoms with van der Waals surface area (Å²) in [5.41, 5.74) is 10.4. The molecule has 0 fully saturated rings. The first-order chi connectivity index (χ1) is 10.7. The van der Waals surface area contributed by atoms with E-state index < -0.39 is 0 Å². The third-order valence-electron chi connectivity index (χ3n) is 3.95. The fourth-order valence-corrected chi connectivity index (χ4v) is 2.94. The third-order valence-corrected chi connectivity index (χ3v) is 3.95. The second-order valence-electron chi connectivity index (χ2n) is 5.31. The number of hydrogen-bond donors (Lipinski definition) is 1. The number of nitrogens with zero attached hydrogens (tertiary/aromatic N) is 3. The van der Waals surface area contributed by atoms with Crippen LogP contribution in [0.15, 0.2) is 30.3 Å². The van der Waals surface area contributed by atoms with Gasteiger partial charge in [-0.05, 0) is 11.1 Å². The lowest BCUT2D eigenvalue weighted by Crippen LogP contribution is -2.32. The first-order valence-corrected chi connectivity index (χ1v) is 7.17. The van der Waals surface area contributed by atoms with Crippen molar-refractivity contribution in [2.24, 2.45) is 0 Å². The molecule has 4 nitrogen and oxygen atoms in total. The van der Waals surface area contributed by atoms with Crippen LogP contribution in [0.4, 0.5) is 5.82 Å². The molecule has 0 amide bonds. The summed E-state index contributed by atoms with van der Waals surface area (Å²) in [7, 11) is 0. The van der Waals surface area contributed by atoms with E-state index in [0.717, 1.165) is 35.3 Å². The van der Waals surface area contributed by atoms with Gasteiger partial charge < -0.3 is 5.73 Å². The monoisotopic (exact) mass is 288 g/mol. The molecule has 0 radical (unpaired) electrons. The molecule has 0 saturated heterocycles. The van der Waals surface area contributed by atoms with E-state index in [2.05, 4.69) is 21.9 Å². The molecular formula is C18H16N4. The van der Waals surface area contributed by atoms with Crippen molar-refractivity contribution in [3.8, 4) is 29.5 Å². The Bertz CT molecular complexity index is 781. The zero-order valence-electron chi connectivity index (χ0n) is 12.2. The summed E-state index contributed by atoms with van der Waals surface area (Å²) in [4.78, 5) is 6.63. The van der Waals surface area contributed by atoms with Gasteiger partial charge in [0.15, 0.2) is 0 Å². The van der Waals surface area contributed by atoms with Gasteiger partial charge in [-0.1, -0.05) is 36.3 Å². The van der Waals surface area contributed by atoms with Crippen molar-refractivity contribution in [3.05, 3.63) is 47.2 Å². The zero-order chi connectivity index (χ0) is 15.5. The lowest BCUT2D eigenvalue weighted by atomic mass is 9.91. The van der Waals surface area contributed by atoms with Gasteiger partial charge in [-0.15, -0.1) is 6.42 Å². The number of anilines is 1. The number of rotatable bonds is 2. The quantitative estimate of drug-likeness (QED) is 0.860. The highest BCUT2D eigenvalue weighted by Gasteiger charge is 2.24. The molecule has 2 aromatic rings. The molecule has 2 heterocycles. The fraction of sp³-hybridized carbons (Fsp3) is 0.222. The molecule has 0 atom stereocenters. The Morgan fingerprint density at radius 3 is 2.77 bits per heavy atom. The minimum atomic E-state index is 0.311. The topological polar surface area (TPSA) is 65.9 Å². The number of terminal acetylenes is 1. The minimum absolute atomic E-state index is 0.311. The van der Waals surface area contributed by atoms with Gasteiger partial charge in [0.25, 0.3) is 0 Å². The fourth-order valence-electron chi connectivity index (χ4n) is 2.94. The van der Waals surface area contributed by atoms with Crippen LogP contribution in [0.5, 0.6) is 0 Å². The predicted molar refractivity (Wildman–Crippen MR) is 86.6 cm³/mol. The Morgan fingerprint density at radius 1 is 1.32 bits per heavy atom. The SMILES string of the molecule is C#CCN1CCc2nc(N)c(C#N)c(-c3ccccc3)c2C1. The molecule has 0 saturated carbocycles. The Balaban J connectivity index is 2.21. The summed E-state index contributed by atoms with van der Waals surface area (Å²) in [5.74, 6) is 2.99. The lowest BCUT2D eigenvalue weighted by Gasteiger charge is -2.29. The maximum atomic E-state index is 9.52. The molecule has 0 aliphatic carbocycles. The predicted octanol–water partition coefficient (Wildman–Crippen LogP) is 2.19. The van der Waals surface area contributed by atoms with Crippen molar-refractivity contribution in [2.75, 3.05) is 18.8 Å². The average Bonchev–Trinajstić information content (AvgIpc) is 2.55. The second kappa shape index (κ2) is 5.89. The summed E-state index contributed by atoms with van der Waals surface area (Å²) >= 11 is 0. The van der Waals surface area contributed by atoms with E-state index in [1.807, 2.05) is 30.3 Å². The molecular weight excluding hydrogens is 272 g/mol. The first kappa shape index (κ1) is 14.1. The Labute approximate surface area is 130 Å². The maximum absolute atomic E-state index is 9.52. The largest absolute Gasteiger partial charge is 0.383 e. The molecule has 0 unspecified atom stereocenters. The molecule has 0 spiro atoms. The Morgan fingerprint density at radius 2 is 2.09 bits per heavy atom. The molecule has 1 aromatic carbocycles. The van der Waals surface area contributed by atoms with E-state index in [9.17, 15) is 5.26 Å². The van der Waals surface area contributed by atoms with E-state index in [1.165, 1.54) is 0 Å². The highest BCUT2D eigenvalue weighted by molar-refractivity contribution is 5.79. The number of benzene rings is 1. The third kappa shape index (κ3) is 2.41. The number of fused-ring (bicyclic) bond motifs is 1. The van der Waals surface area contributed by atoms with Crippen LogP contribution < -0.4 is 5.73 Å². The van der Waals surface area contributed by atoms with Crippen LogP contribution in [0, 0.1) is 23.7 Å². The van der Waals surface area contributed by atoms with Gasteiger partial charge in [0, 0.05) is 30.8 Å². The van der Waals surface area contributed by atoms with Crippen LogP contribution in [0.2, 0.25) is 0 Å². The molecule has 0 bridgehead atoms. The molecule has 22 heavy (non-hydrogen) atoms. The summed E-state index contributed by atoms with van der Waals surface area (Å²) < 4.78 is 0. The number of nitrogens with two attached hydrogens (primary N) is 1. The number of aromatic nitrogens is 1. The Kier molecular flexibility index (Phi) is 3.78. The van der Waals surface area contributed by atoms with Crippen molar-refractivity contribution in [3.63, 3.8) is 0 Å². The van der Waals surface area contributed by atoms with E-state index >= 15 is 0 Å². The number of nitriles is 1. The molecule has 108 valence electrons. The van der Waals surface area contributed by atoms with Gasteiger partial charge in [0.05, 0.1) is 6.54 Å². The van der Waals surface area contributed by atoms with Gasteiger partial charge in [-0.3, -0.25) is 4.90 Å². The van der Waals surface area contributed by atoms with Crippen LogP contribution in [0.25, 0.3) is 11.1 Å². The van der Waals surface area contributed by atoms with E-state index in [0.29, 0.717) is 24.5 Å². The lowest BCUT2D eigenvalue weighted by molar-refractivity contribution is 0.284. The van der Waals surface area contributed by atoms with E-state index in [1.54, 1.807) is 0 Å². The first-order valence-electron chi connectivity index (χ1n) is 7.17. The maximum Gasteiger partial charge on any atom is 0.142 e. The molecule has 2 N–H and O–H groups in total. The zero-order valence-corrected chi connectivity index (χ0v) is 12.2. The number of nitrogen functional groups attached to an aromatic ring is 1. The van der Waals surface area contributed by atoms with Crippen LogP contribution in [-0.4, -0.2) is 23.0 Å². The summed E-state index contributed by atoms with van der Waals surface area (Å²) in [6.07, 6.45) is 6.23. The van der Waals surface area contributed by atoms with Crippen LogP contribution in [-0.2, 0) is 13.0 Å². The van der Waals surface area contributed by atoms with Crippen molar-refractivity contribution in [1.82, 2.24) is 9.88 Å².